The normalized spacial score (nSPS) is 20.9. The third kappa shape index (κ3) is 1.12. The minimum Gasteiger partial charge on any atom is -0.398 e. The first-order chi connectivity index (χ1) is 3.84. The van der Waals surface area contributed by atoms with Gasteiger partial charge in [-0.2, -0.15) is 0 Å². The Morgan fingerprint density at radius 2 is 2.38 bits per heavy atom. The molecule has 0 aromatic carbocycles. The molecular formula is C5H10N2O. The summed E-state index contributed by atoms with van der Waals surface area (Å²) in [7, 11) is 1.51. The van der Waals surface area contributed by atoms with Crippen LogP contribution in [0.5, 0.6) is 0 Å². The summed E-state index contributed by atoms with van der Waals surface area (Å²) in [6, 6.07) is 0. The molecule has 0 amide bonds. The van der Waals surface area contributed by atoms with E-state index in [4.69, 9.17) is 5.73 Å². The Morgan fingerprint density at radius 1 is 1.75 bits per heavy atom. The molecule has 3 heteroatoms. The Hall–Kier alpha value is -0.730. The van der Waals surface area contributed by atoms with Crippen LogP contribution < -0.4 is 5.73 Å². The predicted octanol–water partition coefficient (Wildman–Crippen LogP) is 0.315. The molecule has 1 rings (SSSR count). The van der Waals surface area contributed by atoms with Gasteiger partial charge in [0.1, 0.15) is 12.9 Å². The third-order valence-electron chi connectivity index (χ3n) is 1.19. The molecule has 1 saturated carbocycles. The zero-order chi connectivity index (χ0) is 5.98. The number of rotatable bonds is 2. The fourth-order valence-corrected chi connectivity index (χ4v) is 0.559. The topological polar surface area (TPSA) is 47.6 Å². The van der Waals surface area contributed by atoms with Crippen LogP contribution in [0.3, 0.4) is 0 Å². The zero-order valence-electron chi connectivity index (χ0n) is 4.92. The summed E-state index contributed by atoms with van der Waals surface area (Å²) in [5.74, 6) is 1.17. The van der Waals surface area contributed by atoms with E-state index in [9.17, 15) is 0 Å². The van der Waals surface area contributed by atoms with Crippen LogP contribution in [0, 0.1) is 5.92 Å². The van der Waals surface area contributed by atoms with Crippen molar-refractivity contribution in [3.8, 4) is 0 Å². The van der Waals surface area contributed by atoms with Crippen LogP contribution in [0.1, 0.15) is 12.8 Å². The summed E-state index contributed by atoms with van der Waals surface area (Å²) in [4.78, 5) is 4.47. The molecule has 1 fully saturated rings. The van der Waals surface area contributed by atoms with Crippen molar-refractivity contribution in [2.75, 3.05) is 7.11 Å². The van der Waals surface area contributed by atoms with Crippen molar-refractivity contribution in [1.29, 1.82) is 0 Å². The van der Waals surface area contributed by atoms with Gasteiger partial charge in [0.25, 0.3) is 0 Å². The molecule has 0 radical (unpaired) electrons. The van der Waals surface area contributed by atoms with Gasteiger partial charge in [-0.05, 0) is 12.8 Å². The Bertz CT molecular complexity index is 107. The van der Waals surface area contributed by atoms with E-state index in [1.807, 2.05) is 0 Å². The second-order valence-corrected chi connectivity index (χ2v) is 1.97. The quantitative estimate of drug-likeness (QED) is 0.319. The molecule has 1 aliphatic carbocycles. The summed E-state index contributed by atoms with van der Waals surface area (Å²) in [6.07, 6.45) is 2.36. The molecule has 0 spiro atoms. The van der Waals surface area contributed by atoms with Crippen LogP contribution in [0.4, 0.5) is 0 Å². The lowest BCUT2D eigenvalue weighted by atomic mass is 10.4. The van der Waals surface area contributed by atoms with Crippen molar-refractivity contribution in [2.24, 2.45) is 16.8 Å². The van der Waals surface area contributed by atoms with Crippen LogP contribution in [0.15, 0.2) is 5.16 Å². The largest absolute Gasteiger partial charge is 0.398 e. The molecule has 0 saturated heterocycles. The van der Waals surface area contributed by atoms with Crippen molar-refractivity contribution in [1.82, 2.24) is 0 Å². The number of nitrogens with two attached hydrogens (primary N) is 1. The molecule has 2 N–H and O–H groups in total. The van der Waals surface area contributed by atoms with Crippen LogP contribution in [0.2, 0.25) is 0 Å². The smallest absolute Gasteiger partial charge is 0.142 e. The fourth-order valence-electron chi connectivity index (χ4n) is 0.559. The standard InChI is InChI=1S/C5H10N2O/c1-8-7-5(6)4-2-3-4/h4H,2-3H2,1H3,(H2,6,7). The Labute approximate surface area is 48.5 Å². The number of hydrogen-bond donors (Lipinski definition) is 1. The molecule has 0 atom stereocenters. The minimum atomic E-state index is 0.523. The molecule has 0 heterocycles. The second-order valence-electron chi connectivity index (χ2n) is 1.97. The van der Waals surface area contributed by atoms with Crippen LogP contribution >= 0.6 is 0 Å². The molecule has 0 aromatic rings. The third-order valence-corrected chi connectivity index (χ3v) is 1.19. The molecule has 0 aliphatic heterocycles. The van der Waals surface area contributed by atoms with E-state index in [2.05, 4.69) is 9.99 Å². The van der Waals surface area contributed by atoms with E-state index >= 15 is 0 Å². The molecule has 8 heavy (non-hydrogen) atoms. The SMILES string of the molecule is CO/N=C(\N)C1CC1. The van der Waals surface area contributed by atoms with Crippen molar-refractivity contribution < 1.29 is 4.84 Å². The van der Waals surface area contributed by atoms with Crippen LogP contribution in [-0.4, -0.2) is 12.9 Å². The van der Waals surface area contributed by atoms with E-state index in [1.54, 1.807) is 0 Å². The van der Waals surface area contributed by atoms with Crippen molar-refractivity contribution in [3.05, 3.63) is 0 Å². The predicted molar refractivity (Wildman–Crippen MR) is 31.4 cm³/mol. The maximum Gasteiger partial charge on any atom is 0.142 e. The summed E-state index contributed by atoms with van der Waals surface area (Å²) >= 11 is 0. The lowest BCUT2D eigenvalue weighted by molar-refractivity contribution is 0.211. The van der Waals surface area contributed by atoms with Crippen molar-refractivity contribution in [2.45, 2.75) is 12.8 Å². The van der Waals surface area contributed by atoms with Gasteiger partial charge < -0.3 is 10.6 Å². The number of amidine groups is 1. The first kappa shape index (κ1) is 5.41. The van der Waals surface area contributed by atoms with Crippen molar-refractivity contribution in [3.63, 3.8) is 0 Å². The van der Waals surface area contributed by atoms with Gasteiger partial charge in [0.15, 0.2) is 0 Å². The highest BCUT2D eigenvalue weighted by Gasteiger charge is 2.25. The van der Waals surface area contributed by atoms with Gasteiger partial charge in [-0.15, -0.1) is 0 Å². The number of nitrogens with zero attached hydrogens (tertiary/aromatic N) is 1. The average molecular weight is 114 g/mol. The second kappa shape index (κ2) is 2.03. The summed E-state index contributed by atoms with van der Waals surface area (Å²) in [5, 5.41) is 3.58. The highest BCUT2D eigenvalue weighted by atomic mass is 16.6. The van der Waals surface area contributed by atoms with Gasteiger partial charge in [-0.25, -0.2) is 0 Å². The zero-order valence-corrected chi connectivity index (χ0v) is 4.92. The maximum absolute atomic E-state index is 5.41. The average Bonchev–Trinajstić information content (AvgIpc) is 2.45. The van der Waals surface area contributed by atoms with Gasteiger partial charge in [0, 0.05) is 5.92 Å². The highest BCUT2D eigenvalue weighted by Crippen LogP contribution is 2.28. The molecule has 1 aliphatic rings. The lowest BCUT2D eigenvalue weighted by Gasteiger charge is -1.91. The first-order valence-corrected chi connectivity index (χ1v) is 2.71. The summed E-state index contributed by atoms with van der Waals surface area (Å²) in [6.45, 7) is 0. The van der Waals surface area contributed by atoms with Gasteiger partial charge in [0.2, 0.25) is 0 Å². The highest BCUT2D eigenvalue weighted by molar-refractivity contribution is 5.84. The number of oxime groups is 1. The van der Waals surface area contributed by atoms with Crippen LogP contribution in [0.25, 0.3) is 0 Å². The Kier molecular flexibility index (Phi) is 1.37. The molecule has 0 unspecified atom stereocenters. The van der Waals surface area contributed by atoms with E-state index < -0.39 is 0 Å². The summed E-state index contributed by atoms with van der Waals surface area (Å²) < 4.78 is 0. The van der Waals surface area contributed by atoms with E-state index in [1.165, 1.54) is 20.0 Å². The Balaban J connectivity index is 2.31. The van der Waals surface area contributed by atoms with Crippen LogP contribution in [-0.2, 0) is 4.84 Å². The molecule has 3 nitrogen and oxygen atoms in total. The van der Waals surface area contributed by atoms with Gasteiger partial charge in [-0.3, -0.25) is 0 Å². The first-order valence-electron chi connectivity index (χ1n) is 2.71. The monoisotopic (exact) mass is 114 g/mol. The Morgan fingerprint density at radius 3 is 2.75 bits per heavy atom. The van der Waals surface area contributed by atoms with E-state index in [-0.39, 0.29) is 0 Å². The van der Waals surface area contributed by atoms with E-state index in [0.717, 1.165) is 0 Å². The summed E-state index contributed by atoms with van der Waals surface area (Å²) in [5.41, 5.74) is 5.41. The van der Waals surface area contributed by atoms with Gasteiger partial charge in [-0.1, -0.05) is 5.16 Å². The molecule has 46 valence electrons. The minimum absolute atomic E-state index is 0.523. The number of hydrogen-bond acceptors (Lipinski definition) is 2. The molecular weight excluding hydrogens is 104 g/mol. The molecule has 0 bridgehead atoms. The molecule has 0 aromatic heterocycles. The van der Waals surface area contributed by atoms with E-state index in [0.29, 0.717) is 11.8 Å². The lowest BCUT2D eigenvalue weighted by Crippen LogP contribution is -2.13. The van der Waals surface area contributed by atoms with Gasteiger partial charge in [0.05, 0.1) is 0 Å². The maximum atomic E-state index is 5.41. The van der Waals surface area contributed by atoms with Crippen molar-refractivity contribution >= 4 is 5.84 Å². The van der Waals surface area contributed by atoms with Gasteiger partial charge >= 0.3 is 0 Å². The fraction of sp³-hybridized carbons (Fsp3) is 0.800.